The van der Waals surface area contributed by atoms with Crippen LogP contribution in [-0.4, -0.2) is 23.1 Å². The first-order chi connectivity index (χ1) is 6.78. The number of aromatic amines is 1. The van der Waals surface area contributed by atoms with E-state index < -0.39 is 0 Å². The van der Waals surface area contributed by atoms with Gasteiger partial charge in [0.15, 0.2) is 0 Å². The van der Waals surface area contributed by atoms with Gasteiger partial charge in [0, 0.05) is 24.4 Å². The van der Waals surface area contributed by atoms with Crippen LogP contribution in [0.4, 0.5) is 0 Å². The van der Waals surface area contributed by atoms with Crippen LogP contribution in [0.3, 0.4) is 0 Å². The van der Waals surface area contributed by atoms with Gasteiger partial charge in [0.1, 0.15) is 5.82 Å². The van der Waals surface area contributed by atoms with E-state index in [2.05, 4.69) is 15.3 Å². The minimum Gasteiger partial charge on any atom is -0.344 e. The van der Waals surface area contributed by atoms with Crippen molar-refractivity contribution in [1.29, 1.82) is 0 Å². The monoisotopic (exact) mass is 192 g/mol. The maximum absolute atomic E-state index is 6.07. The summed E-state index contributed by atoms with van der Waals surface area (Å²) in [5, 5.41) is 3.36. The molecule has 4 nitrogen and oxygen atoms in total. The lowest BCUT2D eigenvalue weighted by Gasteiger charge is -2.06. The Balaban J connectivity index is 1.82. The number of nitrogens with two attached hydrogens (primary N) is 1. The van der Waals surface area contributed by atoms with Crippen LogP contribution in [0.25, 0.3) is 0 Å². The Kier molecular flexibility index (Phi) is 1.69. The van der Waals surface area contributed by atoms with E-state index in [1.807, 2.05) is 6.20 Å². The second-order valence-electron chi connectivity index (χ2n) is 4.53. The van der Waals surface area contributed by atoms with E-state index in [9.17, 15) is 0 Å². The van der Waals surface area contributed by atoms with Gasteiger partial charge in [-0.25, -0.2) is 4.98 Å². The molecule has 14 heavy (non-hydrogen) atoms. The van der Waals surface area contributed by atoms with Gasteiger partial charge in [0.05, 0.1) is 5.54 Å². The van der Waals surface area contributed by atoms with Gasteiger partial charge in [-0.2, -0.15) is 0 Å². The molecule has 1 unspecified atom stereocenters. The first kappa shape index (κ1) is 8.44. The molecule has 76 valence electrons. The van der Waals surface area contributed by atoms with Gasteiger partial charge in [-0.3, -0.25) is 0 Å². The lowest BCUT2D eigenvalue weighted by Crippen LogP contribution is -2.20. The van der Waals surface area contributed by atoms with Crippen LogP contribution >= 0.6 is 0 Å². The van der Waals surface area contributed by atoms with Crippen LogP contribution in [-0.2, 0) is 5.54 Å². The SMILES string of the molecule is NC1(c2ncc(C3CCNC3)[nH]2)CC1. The van der Waals surface area contributed by atoms with Crippen molar-refractivity contribution in [3.8, 4) is 0 Å². The van der Waals surface area contributed by atoms with Crippen molar-refractivity contribution in [2.24, 2.45) is 5.73 Å². The average molecular weight is 192 g/mol. The van der Waals surface area contributed by atoms with Crippen molar-refractivity contribution in [3.63, 3.8) is 0 Å². The molecule has 2 aliphatic rings. The largest absolute Gasteiger partial charge is 0.344 e. The lowest BCUT2D eigenvalue weighted by molar-refractivity contribution is 0.671. The smallest absolute Gasteiger partial charge is 0.126 e. The highest BCUT2D eigenvalue weighted by Gasteiger charge is 2.43. The minimum atomic E-state index is -0.121. The van der Waals surface area contributed by atoms with Gasteiger partial charge in [0.25, 0.3) is 0 Å². The Hall–Kier alpha value is -0.870. The summed E-state index contributed by atoms with van der Waals surface area (Å²) >= 11 is 0. The molecule has 2 heterocycles. The molecule has 2 fully saturated rings. The molecular weight excluding hydrogens is 176 g/mol. The summed E-state index contributed by atoms with van der Waals surface area (Å²) in [6, 6.07) is 0. The Labute approximate surface area is 83.3 Å². The molecular formula is C10H16N4. The first-order valence-electron chi connectivity index (χ1n) is 5.33. The third-order valence-electron chi connectivity index (χ3n) is 3.36. The highest BCUT2D eigenvalue weighted by atomic mass is 15.0. The molecule has 0 spiro atoms. The maximum atomic E-state index is 6.07. The Morgan fingerprint density at radius 3 is 3.00 bits per heavy atom. The van der Waals surface area contributed by atoms with E-state index in [0.29, 0.717) is 5.92 Å². The topological polar surface area (TPSA) is 66.7 Å². The molecule has 4 N–H and O–H groups in total. The Morgan fingerprint density at radius 1 is 1.50 bits per heavy atom. The minimum absolute atomic E-state index is 0.121. The molecule has 0 radical (unpaired) electrons. The molecule has 0 bridgehead atoms. The average Bonchev–Trinajstić information content (AvgIpc) is 2.73. The van der Waals surface area contributed by atoms with Gasteiger partial charge in [0.2, 0.25) is 0 Å². The standard InChI is InChI=1S/C10H16N4/c11-10(2-3-10)9-13-6-8(14-9)7-1-4-12-5-7/h6-7,12H,1-5,11H2,(H,13,14). The van der Waals surface area contributed by atoms with Crippen LogP contribution in [0.1, 0.15) is 36.7 Å². The summed E-state index contributed by atoms with van der Waals surface area (Å²) in [6.45, 7) is 2.19. The zero-order valence-corrected chi connectivity index (χ0v) is 8.21. The molecule has 1 atom stereocenters. The van der Waals surface area contributed by atoms with Crippen molar-refractivity contribution in [3.05, 3.63) is 17.7 Å². The number of hydrogen-bond donors (Lipinski definition) is 3. The number of H-pyrrole nitrogens is 1. The zero-order valence-electron chi connectivity index (χ0n) is 8.21. The molecule has 3 rings (SSSR count). The molecule has 1 saturated carbocycles. The van der Waals surface area contributed by atoms with Crippen LogP contribution < -0.4 is 11.1 Å². The molecule has 0 amide bonds. The molecule has 4 heteroatoms. The molecule has 1 aliphatic heterocycles. The third kappa shape index (κ3) is 1.26. The fraction of sp³-hybridized carbons (Fsp3) is 0.700. The second kappa shape index (κ2) is 2.81. The zero-order chi connectivity index (χ0) is 9.60. The summed E-state index contributed by atoms with van der Waals surface area (Å²) in [6.07, 6.45) is 5.31. The van der Waals surface area contributed by atoms with Crippen molar-refractivity contribution >= 4 is 0 Å². The fourth-order valence-corrected chi connectivity index (χ4v) is 2.09. The Morgan fingerprint density at radius 2 is 2.36 bits per heavy atom. The molecule has 1 aliphatic carbocycles. The number of hydrogen-bond acceptors (Lipinski definition) is 3. The molecule has 1 aromatic heterocycles. The summed E-state index contributed by atoms with van der Waals surface area (Å²) < 4.78 is 0. The fourth-order valence-electron chi connectivity index (χ4n) is 2.09. The maximum Gasteiger partial charge on any atom is 0.126 e. The second-order valence-corrected chi connectivity index (χ2v) is 4.53. The predicted molar refractivity (Wildman–Crippen MR) is 53.9 cm³/mol. The molecule has 1 aromatic rings. The van der Waals surface area contributed by atoms with Gasteiger partial charge in [-0.1, -0.05) is 0 Å². The van der Waals surface area contributed by atoms with E-state index in [4.69, 9.17) is 5.73 Å². The van der Waals surface area contributed by atoms with E-state index in [-0.39, 0.29) is 5.54 Å². The van der Waals surface area contributed by atoms with Crippen LogP contribution in [0.5, 0.6) is 0 Å². The number of imidazole rings is 1. The van der Waals surface area contributed by atoms with E-state index in [1.54, 1.807) is 0 Å². The predicted octanol–water partition coefficient (Wildman–Crippen LogP) is 0.434. The van der Waals surface area contributed by atoms with Crippen LogP contribution in [0.15, 0.2) is 6.20 Å². The number of nitrogens with zero attached hydrogens (tertiary/aromatic N) is 1. The van der Waals surface area contributed by atoms with Crippen LogP contribution in [0.2, 0.25) is 0 Å². The molecule has 1 saturated heterocycles. The summed E-state index contributed by atoms with van der Waals surface area (Å²) in [7, 11) is 0. The quantitative estimate of drug-likeness (QED) is 0.636. The summed E-state index contributed by atoms with van der Waals surface area (Å²) in [4.78, 5) is 7.77. The highest BCUT2D eigenvalue weighted by Crippen LogP contribution is 2.41. The summed E-state index contributed by atoms with van der Waals surface area (Å²) in [5.74, 6) is 1.60. The first-order valence-corrected chi connectivity index (χ1v) is 5.33. The Bertz CT molecular complexity index is 334. The van der Waals surface area contributed by atoms with Gasteiger partial charge < -0.3 is 16.0 Å². The van der Waals surface area contributed by atoms with E-state index >= 15 is 0 Å². The van der Waals surface area contributed by atoms with Crippen molar-refractivity contribution in [1.82, 2.24) is 15.3 Å². The van der Waals surface area contributed by atoms with Gasteiger partial charge >= 0.3 is 0 Å². The van der Waals surface area contributed by atoms with E-state index in [0.717, 1.165) is 31.8 Å². The van der Waals surface area contributed by atoms with Crippen LogP contribution in [0, 0.1) is 0 Å². The normalized spacial score (nSPS) is 29.4. The molecule has 0 aromatic carbocycles. The highest BCUT2D eigenvalue weighted by molar-refractivity contribution is 5.19. The van der Waals surface area contributed by atoms with Gasteiger partial charge in [-0.15, -0.1) is 0 Å². The van der Waals surface area contributed by atoms with Crippen molar-refractivity contribution in [2.75, 3.05) is 13.1 Å². The lowest BCUT2D eigenvalue weighted by atomic mass is 10.1. The van der Waals surface area contributed by atoms with Crippen molar-refractivity contribution < 1.29 is 0 Å². The van der Waals surface area contributed by atoms with Gasteiger partial charge in [-0.05, 0) is 25.8 Å². The summed E-state index contributed by atoms with van der Waals surface area (Å²) in [5.41, 5.74) is 7.20. The number of nitrogens with one attached hydrogen (secondary N) is 2. The van der Waals surface area contributed by atoms with Crippen molar-refractivity contribution in [2.45, 2.75) is 30.7 Å². The number of rotatable bonds is 2. The number of aromatic nitrogens is 2. The van der Waals surface area contributed by atoms with E-state index in [1.165, 1.54) is 12.1 Å². The third-order valence-corrected chi connectivity index (χ3v) is 3.36.